The van der Waals surface area contributed by atoms with Gasteiger partial charge in [0.05, 0.1) is 6.61 Å². The van der Waals surface area contributed by atoms with E-state index in [1.807, 2.05) is 13.0 Å². The Hall–Kier alpha value is -1.58. The first kappa shape index (κ1) is 14.4. The topological polar surface area (TPSA) is 42.4 Å². The molecule has 0 atom stereocenters. The van der Waals surface area contributed by atoms with Crippen molar-refractivity contribution in [1.29, 1.82) is 0 Å². The van der Waals surface area contributed by atoms with Gasteiger partial charge in [-0.05, 0) is 63.5 Å². The number of esters is 1. The van der Waals surface area contributed by atoms with Crippen molar-refractivity contribution in [3.05, 3.63) is 23.0 Å². The average molecular weight is 288 g/mol. The maximum Gasteiger partial charge on any atom is 0.356 e. The maximum atomic E-state index is 12.1. The predicted octanol–water partition coefficient (Wildman–Crippen LogP) is 3.13. The zero-order valence-electron chi connectivity index (χ0n) is 12.9. The highest BCUT2D eigenvalue weighted by molar-refractivity contribution is 5.89. The van der Waals surface area contributed by atoms with Crippen molar-refractivity contribution in [3.63, 3.8) is 0 Å². The summed E-state index contributed by atoms with van der Waals surface area (Å²) in [6, 6.07) is 1.97. The molecule has 1 aromatic rings. The van der Waals surface area contributed by atoms with Crippen LogP contribution in [0.25, 0.3) is 0 Å². The molecule has 1 saturated heterocycles. The first-order valence-electron chi connectivity index (χ1n) is 8.24. The van der Waals surface area contributed by atoms with Gasteiger partial charge in [0.25, 0.3) is 0 Å². The molecule has 0 amide bonds. The van der Waals surface area contributed by atoms with Crippen LogP contribution >= 0.6 is 0 Å². The lowest BCUT2D eigenvalue weighted by Crippen LogP contribution is -2.31. The zero-order valence-corrected chi connectivity index (χ0v) is 12.9. The van der Waals surface area contributed by atoms with Crippen LogP contribution in [0, 0.1) is 0 Å². The monoisotopic (exact) mass is 288 g/mol. The van der Waals surface area contributed by atoms with E-state index in [-0.39, 0.29) is 5.97 Å². The van der Waals surface area contributed by atoms with Gasteiger partial charge in [-0.3, -0.25) is 0 Å². The summed E-state index contributed by atoms with van der Waals surface area (Å²) in [6.45, 7) is 4.43. The molecule has 1 fully saturated rings. The number of anilines is 1. The van der Waals surface area contributed by atoms with Gasteiger partial charge in [-0.1, -0.05) is 0 Å². The molecule has 1 aromatic heterocycles. The smallest absolute Gasteiger partial charge is 0.356 e. The highest BCUT2D eigenvalue weighted by atomic mass is 16.5. The molecule has 0 N–H and O–H groups in total. The number of aryl methyl sites for hydroxylation is 1. The number of hydrogen-bond acceptors (Lipinski definition) is 4. The van der Waals surface area contributed by atoms with Crippen molar-refractivity contribution >= 4 is 11.7 Å². The number of rotatable bonds is 3. The summed E-state index contributed by atoms with van der Waals surface area (Å²) in [5.41, 5.74) is 4.21. The number of pyridine rings is 1. The molecule has 114 valence electrons. The molecule has 4 nitrogen and oxygen atoms in total. The predicted molar refractivity (Wildman–Crippen MR) is 82.9 cm³/mol. The summed E-state index contributed by atoms with van der Waals surface area (Å²) in [6.07, 6.45) is 8.28. The van der Waals surface area contributed by atoms with Gasteiger partial charge in [0.1, 0.15) is 0 Å². The lowest BCUT2D eigenvalue weighted by molar-refractivity contribution is 0.0519. The first-order chi connectivity index (χ1) is 10.3. The quantitative estimate of drug-likeness (QED) is 0.801. The number of carbonyl (C=O) groups excluding carboxylic acids is 1. The van der Waals surface area contributed by atoms with E-state index < -0.39 is 0 Å². The summed E-state index contributed by atoms with van der Waals surface area (Å²) < 4.78 is 5.14. The number of piperidine rings is 1. The van der Waals surface area contributed by atoms with Crippen molar-refractivity contribution in [2.75, 3.05) is 24.6 Å². The van der Waals surface area contributed by atoms with Crippen LogP contribution in [-0.4, -0.2) is 30.6 Å². The normalized spacial score (nSPS) is 18.2. The molecule has 3 rings (SSSR count). The van der Waals surface area contributed by atoms with Gasteiger partial charge in [-0.2, -0.15) is 0 Å². The third-order valence-corrected chi connectivity index (χ3v) is 4.46. The number of fused-ring (bicyclic) bond motifs is 1. The van der Waals surface area contributed by atoms with E-state index in [0.717, 1.165) is 31.6 Å². The van der Waals surface area contributed by atoms with Crippen molar-refractivity contribution in [3.8, 4) is 0 Å². The minimum Gasteiger partial charge on any atom is -0.461 e. The first-order valence-corrected chi connectivity index (χ1v) is 8.24. The van der Waals surface area contributed by atoms with Crippen LogP contribution in [0.15, 0.2) is 6.07 Å². The molecule has 1 aliphatic heterocycles. The SMILES string of the molecule is CCOC(=O)c1cc(N2CCCCC2)c2c(n1)CCCC2. The Morgan fingerprint density at radius 2 is 1.95 bits per heavy atom. The summed E-state index contributed by atoms with van der Waals surface area (Å²) in [5.74, 6) is -0.288. The van der Waals surface area contributed by atoms with Crippen LogP contribution in [0.1, 0.15) is 60.8 Å². The van der Waals surface area contributed by atoms with Crippen molar-refractivity contribution < 1.29 is 9.53 Å². The molecule has 21 heavy (non-hydrogen) atoms. The Labute approximate surface area is 126 Å². The number of hydrogen-bond donors (Lipinski definition) is 0. The van der Waals surface area contributed by atoms with E-state index in [4.69, 9.17) is 4.74 Å². The number of carbonyl (C=O) groups is 1. The molecule has 2 aliphatic rings. The zero-order chi connectivity index (χ0) is 14.7. The van der Waals surface area contributed by atoms with Crippen molar-refractivity contribution in [2.45, 2.75) is 51.9 Å². The summed E-state index contributed by atoms with van der Waals surface area (Å²) in [5, 5.41) is 0. The van der Waals surface area contributed by atoms with Crippen LogP contribution in [0.5, 0.6) is 0 Å². The van der Waals surface area contributed by atoms with Gasteiger partial charge < -0.3 is 9.64 Å². The van der Waals surface area contributed by atoms with Crippen molar-refractivity contribution in [2.24, 2.45) is 0 Å². The van der Waals surface area contributed by atoms with Gasteiger partial charge >= 0.3 is 5.97 Å². The van der Waals surface area contributed by atoms with E-state index >= 15 is 0 Å². The molecular weight excluding hydrogens is 264 g/mol. The summed E-state index contributed by atoms with van der Waals surface area (Å²) in [4.78, 5) is 19.1. The van der Waals surface area contributed by atoms with E-state index in [0.29, 0.717) is 12.3 Å². The molecule has 0 aromatic carbocycles. The van der Waals surface area contributed by atoms with Gasteiger partial charge in [-0.25, -0.2) is 9.78 Å². The third kappa shape index (κ3) is 3.04. The molecule has 1 aliphatic carbocycles. The summed E-state index contributed by atoms with van der Waals surface area (Å²) in [7, 11) is 0. The fraction of sp³-hybridized carbons (Fsp3) is 0.647. The molecule has 0 saturated carbocycles. The van der Waals surface area contributed by atoms with E-state index in [1.165, 1.54) is 43.4 Å². The minimum atomic E-state index is -0.288. The second-order valence-electron chi connectivity index (χ2n) is 5.93. The largest absolute Gasteiger partial charge is 0.461 e. The van der Waals surface area contributed by atoms with E-state index in [1.54, 1.807) is 0 Å². The van der Waals surface area contributed by atoms with Crippen LogP contribution in [0.4, 0.5) is 5.69 Å². The van der Waals surface area contributed by atoms with Crippen LogP contribution < -0.4 is 4.90 Å². The van der Waals surface area contributed by atoms with Gasteiger partial charge in [-0.15, -0.1) is 0 Å². The van der Waals surface area contributed by atoms with Crippen LogP contribution in [0.3, 0.4) is 0 Å². The van der Waals surface area contributed by atoms with E-state index in [9.17, 15) is 4.79 Å². The summed E-state index contributed by atoms with van der Waals surface area (Å²) >= 11 is 0. The number of nitrogens with zero attached hydrogens (tertiary/aromatic N) is 2. The Kier molecular flexibility index (Phi) is 4.42. The second kappa shape index (κ2) is 6.46. The molecule has 4 heteroatoms. The fourth-order valence-corrected chi connectivity index (χ4v) is 3.41. The van der Waals surface area contributed by atoms with Crippen molar-refractivity contribution in [1.82, 2.24) is 4.98 Å². The van der Waals surface area contributed by atoms with Gasteiger partial charge in [0.15, 0.2) is 5.69 Å². The standard InChI is InChI=1S/C17H24N2O2/c1-2-21-17(20)15-12-16(19-10-6-3-7-11-19)13-8-4-5-9-14(13)18-15/h12H,2-11H2,1H3. The molecular formula is C17H24N2O2. The molecule has 2 heterocycles. The third-order valence-electron chi connectivity index (χ3n) is 4.46. The lowest BCUT2D eigenvalue weighted by Gasteiger charge is -2.32. The average Bonchev–Trinajstić information content (AvgIpc) is 2.55. The second-order valence-corrected chi connectivity index (χ2v) is 5.93. The fourth-order valence-electron chi connectivity index (χ4n) is 3.41. The maximum absolute atomic E-state index is 12.1. The number of aromatic nitrogens is 1. The Bertz CT molecular complexity index is 522. The highest BCUT2D eigenvalue weighted by Crippen LogP contribution is 2.32. The Morgan fingerprint density at radius 3 is 2.71 bits per heavy atom. The van der Waals surface area contributed by atoms with E-state index in [2.05, 4.69) is 9.88 Å². The van der Waals surface area contributed by atoms with Gasteiger partial charge in [0.2, 0.25) is 0 Å². The molecule has 0 radical (unpaired) electrons. The van der Waals surface area contributed by atoms with Crippen LogP contribution in [-0.2, 0) is 17.6 Å². The Morgan fingerprint density at radius 1 is 1.19 bits per heavy atom. The highest BCUT2D eigenvalue weighted by Gasteiger charge is 2.23. The minimum absolute atomic E-state index is 0.288. The Balaban J connectivity index is 1.98. The molecule has 0 unspecified atom stereocenters. The molecule has 0 bridgehead atoms. The lowest BCUT2D eigenvalue weighted by atomic mass is 9.93. The van der Waals surface area contributed by atoms with Gasteiger partial charge in [0, 0.05) is 24.5 Å². The number of ether oxygens (including phenoxy) is 1. The van der Waals surface area contributed by atoms with Crippen LogP contribution in [0.2, 0.25) is 0 Å². The molecule has 0 spiro atoms.